The van der Waals surface area contributed by atoms with Crippen molar-refractivity contribution in [3.05, 3.63) is 0 Å². The Balaban J connectivity index is 1.65. The van der Waals surface area contributed by atoms with E-state index < -0.39 is 0 Å². The van der Waals surface area contributed by atoms with E-state index in [0.29, 0.717) is 10.8 Å². The van der Waals surface area contributed by atoms with Gasteiger partial charge in [-0.2, -0.15) is 0 Å². The van der Waals surface area contributed by atoms with Crippen molar-refractivity contribution in [3.63, 3.8) is 0 Å². The van der Waals surface area contributed by atoms with Crippen LogP contribution >= 0.6 is 0 Å². The van der Waals surface area contributed by atoms with Crippen molar-refractivity contribution in [1.82, 2.24) is 5.32 Å². The molecule has 1 N–H and O–H groups in total. The Bertz CT molecular complexity index is 316. The van der Waals surface area contributed by atoms with E-state index in [1.165, 1.54) is 45.1 Å². The zero-order valence-corrected chi connectivity index (χ0v) is 12.8. The van der Waals surface area contributed by atoms with Crippen molar-refractivity contribution in [1.29, 1.82) is 0 Å². The number of rotatable bonds is 4. The van der Waals surface area contributed by atoms with Gasteiger partial charge in [0.25, 0.3) is 0 Å². The molecule has 3 unspecified atom stereocenters. The van der Waals surface area contributed by atoms with Crippen molar-refractivity contribution in [2.45, 2.75) is 72.3 Å². The Labute approximate surface area is 113 Å². The average Bonchev–Trinajstić information content (AvgIpc) is 3.19. The standard InChI is InChI=1S/C17H31N/c1-12(2)13-6-5-9-17(10-13)15(16(17,3)4)11-18-14-7-8-14/h12-15,18H,5-11H2,1-4H3. The Kier molecular flexibility index (Phi) is 3.05. The smallest absolute Gasteiger partial charge is 0.00683 e. The fourth-order valence-corrected chi connectivity index (χ4v) is 4.91. The van der Waals surface area contributed by atoms with E-state index in [9.17, 15) is 0 Å². The van der Waals surface area contributed by atoms with Gasteiger partial charge >= 0.3 is 0 Å². The predicted molar refractivity (Wildman–Crippen MR) is 77.5 cm³/mol. The molecule has 0 amide bonds. The minimum atomic E-state index is 0.600. The van der Waals surface area contributed by atoms with Crippen molar-refractivity contribution in [3.8, 4) is 0 Å². The summed E-state index contributed by atoms with van der Waals surface area (Å²) in [6, 6.07) is 0.878. The normalized spacial score (nSPS) is 42.5. The van der Waals surface area contributed by atoms with Gasteiger partial charge in [-0.1, -0.05) is 40.5 Å². The van der Waals surface area contributed by atoms with E-state index in [-0.39, 0.29) is 0 Å². The number of hydrogen-bond acceptors (Lipinski definition) is 1. The van der Waals surface area contributed by atoms with Crippen LogP contribution in [0, 0.1) is 28.6 Å². The second-order valence-corrected chi connectivity index (χ2v) is 8.21. The van der Waals surface area contributed by atoms with E-state index in [1.807, 2.05) is 0 Å². The lowest BCUT2D eigenvalue weighted by Crippen LogP contribution is -2.26. The van der Waals surface area contributed by atoms with Gasteiger partial charge in [0, 0.05) is 6.04 Å². The molecule has 0 aliphatic heterocycles. The molecule has 1 heteroatoms. The van der Waals surface area contributed by atoms with Crippen LogP contribution in [0.15, 0.2) is 0 Å². The highest BCUT2D eigenvalue weighted by Gasteiger charge is 2.70. The lowest BCUT2D eigenvalue weighted by molar-refractivity contribution is 0.161. The maximum absolute atomic E-state index is 3.79. The van der Waals surface area contributed by atoms with Gasteiger partial charge in [0.15, 0.2) is 0 Å². The molecule has 18 heavy (non-hydrogen) atoms. The van der Waals surface area contributed by atoms with Gasteiger partial charge in [-0.3, -0.25) is 0 Å². The van der Waals surface area contributed by atoms with Crippen LogP contribution in [0.1, 0.15) is 66.2 Å². The van der Waals surface area contributed by atoms with Gasteiger partial charge in [0.1, 0.15) is 0 Å². The molecule has 0 radical (unpaired) electrons. The molecular formula is C17H31N. The van der Waals surface area contributed by atoms with Gasteiger partial charge < -0.3 is 5.32 Å². The fourth-order valence-electron chi connectivity index (χ4n) is 4.91. The maximum atomic E-state index is 3.79. The summed E-state index contributed by atoms with van der Waals surface area (Å²) in [6.07, 6.45) is 8.82. The third-order valence-electron chi connectivity index (χ3n) is 6.69. The van der Waals surface area contributed by atoms with E-state index in [1.54, 1.807) is 0 Å². The number of hydrogen-bond donors (Lipinski definition) is 1. The topological polar surface area (TPSA) is 12.0 Å². The second-order valence-electron chi connectivity index (χ2n) is 8.21. The van der Waals surface area contributed by atoms with Crippen LogP contribution < -0.4 is 5.32 Å². The molecule has 0 aromatic rings. The Hall–Kier alpha value is -0.0400. The quantitative estimate of drug-likeness (QED) is 0.786. The summed E-state index contributed by atoms with van der Waals surface area (Å²) in [5, 5.41) is 3.79. The van der Waals surface area contributed by atoms with Crippen LogP contribution in [0.4, 0.5) is 0 Å². The molecule has 0 aromatic carbocycles. The molecule has 1 nitrogen and oxygen atoms in total. The minimum Gasteiger partial charge on any atom is -0.314 e. The van der Waals surface area contributed by atoms with Gasteiger partial charge in [0.2, 0.25) is 0 Å². The van der Waals surface area contributed by atoms with E-state index in [0.717, 1.165) is 23.8 Å². The molecule has 3 aliphatic rings. The van der Waals surface area contributed by atoms with Crippen LogP contribution in [0.25, 0.3) is 0 Å². The summed E-state index contributed by atoms with van der Waals surface area (Å²) in [7, 11) is 0. The fraction of sp³-hybridized carbons (Fsp3) is 1.00. The molecule has 3 saturated carbocycles. The zero-order valence-electron chi connectivity index (χ0n) is 12.8. The first-order valence-corrected chi connectivity index (χ1v) is 8.21. The summed E-state index contributed by atoms with van der Waals surface area (Å²) >= 11 is 0. The van der Waals surface area contributed by atoms with Crippen molar-refractivity contribution in [2.24, 2.45) is 28.6 Å². The monoisotopic (exact) mass is 249 g/mol. The molecule has 3 fully saturated rings. The SMILES string of the molecule is CC(C)C1CCCC2(C1)C(CNC1CC1)C2(C)C. The van der Waals surface area contributed by atoms with Crippen molar-refractivity contribution < 1.29 is 0 Å². The molecule has 0 saturated heterocycles. The molecule has 3 aliphatic carbocycles. The molecule has 0 aromatic heterocycles. The molecule has 0 heterocycles. The third-order valence-corrected chi connectivity index (χ3v) is 6.69. The first kappa shape index (κ1) is 13.0. The van der Waals surface area contributed by atoms with Crippen LogP contribution in [0.5, 0.6) is 0 Å². The highest BCUT2D eigenvalue weighted by molar-refractivity contribution is 5.19. The van der Waals surface area contributed by atoms with Crippen LogP contribution in [-0.4, -0.2) is 12.6 Å². The van der Waals surface area contributed by atoms with Gasteiger partial charge in [-0.05, 0) is 60.8 Å². The van der Waals surface area contributed by atoms with Gasteiger partial charge in [-0.25, -0.2) is 0 Å². The third kappa shape index (κ3) is 1.94. The average molecular weight is 249 g/mol. The molecule has 104 valence electrons. The van der Waals surface area contributed by atoms with Crippen LogP contribution in [0.2, 0.25) is 0 Å². The Morgan fingerprint density at radius 3 is 2.50 bits per heavy atom. The van der Waals surface area contributed by atoms with Gasteiger partial charge in [-0.15, -0.1) is 0 Å². The van der Waals surface area contributed by atoms with E-state index >= 15 is 0 Å². The second kappa shape index (κ2) is 4.23. The van der Waals surface area contributed by atoms with E-state index in [2.05, 4.69) is 33.0 Å². The highest BCUT2D eigenvalue weighted by atomic mass is 15.0. The predicted octanol–water partition coefficient (Wildman–Crippen LogP) is 4.23. The molecule has 3 atom stereocenters. The first-order valence-electron chi connectivity index (χ1n) is 8.21. The summed E-state index contributed by atoms with van der Waals surface area (Å²) in [6.45, 7) is 11.2. The van der Waals surface area contributed by atoms with Crippen LogP contribution in [0.3, 0.4) is 0 Å². The minimum absolute atomic E-state index is 0.600. The van der Waals surface area contributed by atoms with Crippen LogP contribution in [-0.2, 0) is 0 Å². The van der Waals surface area contributed by atoms with E-state index in [4.69, 9.17) is 0 Å². The lowest BCUT2D eigenvalue weighted by atomic mass is 9.71. The first-order chi connectivity index (χ1) is 8.47. The highest BCUT2D eigenvalue weighted by Crippen LogP contribution is 2.75. The molecular weight excluding hydrogens is 218 g/mol. The molecule has 3 rings (SSSR count). The number of nitrogens with one attached hydrogen (secondary N) is 1. The zero-order chi connectivity index (χ0) is 13.0. The summed E-state index contributed by atoms with van der Waals surface area (Å²) in [4.78, 5) is 0. The maximum Gasteiger partial charge on any atom is 0.00683 e. The van der Waals surface area contributed by atoms with Gasteiger partial charge in [0.05, 0.1) is 0 Å². The summed E-state index contributed by atoms with van der Waals surface area (Å²) in [5.41, 5.74) is 1.30. The Morgan fingerprint density at radius 2 is 1.89 bits per heavy atom. The van der Waals surface area contributed by atoms with Crippen molar-refractivity contribution >= 4 is 0 Å². The summed E-state index contributed by atoms with van der Waals surface area (Å²) in [5.74, 6) is 2.83. The Morgan fingerprint density at radius 1 is 1.17 bits per heavy atom. The molecule has 0 bridgehead atoms. The lowest BCUT2D eigenvalue weighted by Gasteiger charge is -2.34. The van der Waals surface area contributed by atoms with Crippen molar-refractivity contribution in [2.75, 3.05) is 6.54 Å². The largest absolute Gasteiger partial charge is 0.314 e. The molecule has 1 spiro atoms. The summed E-state index contributed by atoms with van der Waals surface area (Å²) < 4.78 is 0.